The standard InChI is InChI=1S/2C10H11N5O5/c2*11-9-13-7-6(8(18)14-9)12-10(19)15(7)5-1-3(17)4(2-16)20-5/h2*3-5,16-17H,1-2H2,(H2,11,14,18)/t2*3-,4+,5+/m00/s1. The number of amides is 6. The fraction of sp³-hybridized carbons (Fsp3) is 0.500. The lowest BCUT2D eigenvalue weighted by atomic mass is 10.2. The van der Waals surface area contributed by atoms with E-state index in [9.17, 15) is 29.4 Å². The molecule has 6 atom stereocenters. The number of hydrogen-bond donors (Lipinski definition) is 8. The molecule has 0 aromatic heterocycles. The summed E-state index contributed by atoms with van der Waals surface area (Å²) >= 11 is 0. The maximum atomic E-state index is 11.9. The van der Waals surface area contributed by atoms with Crippen molar-refractivity contribution in [3.05, 3.63) is 0 Å². The number of aliphatic hydroxyl groups is 4. The van der Waals surface area contributed by atoms with Gasteiger partial charge in [0.05, 0.1) is 25.4 Å². The summed E-state index contributed by atoms with van der Waals surface area (Å²) in [5, 5.41) is 56.4. The molecule has 0 aromatic carbocycles. The largest absolute Gasteiger partial charge is 0.394 e. The Hall–Kier alpha value is -4.34. The molecule has 6 rings (SSSR count). The summed E-state index contributed by atoms with van der Waals surface area (Å²) in [6.07, 6.45) is -5.12. The highest BCUT2D eigenvalue weighted by molar-refractivity contribution is 6.73. The minimum absolute atomic E-state index is 0.0632. The van der Waals surface area contributed by atoms with Crippen molar-refractivity contribution < 1.29 is 49.1 Å². The first-order chi connectivity index (χ1) is 19.0. The molecule has 0 radical (unpaired) electrons. The van der Waals surface area contributed by atoms with Crippen LogP contribution in [0.5, 0.6) is 0 Å². The topological polar surface area (TPSA) is 295 Å². The van der Waals surface area contributed by atoms with E-state index in [1.165, 1.54) is 0 Å². The van der Waals surface area contributed by atoms with Gasteiger partial charge in [0.2, 0.25) is 11.9 Å². The molecule has 20 heteroatoms. The summed E-state index contributed by atoms with van der Waals surface area (Å²) in [5.74, 6) is -2.32. The molecule has 6 amide bonds. The summed E-state index contributed by atoms with van der Waals surface area (Å²) in [5.41, 5.74) is -0.368. The Kier molecular flexibility index (Phi) is 7.03. The van der Waals surface area contributed by atoms with Gasteiger partial charge in [0, 0.05) is 12.8 Å². The van der Waals surface area contributed by atoms with Crippen LogP contribution in [-0.2, 0) is 19.1 Å². The number of carbonyl (C=O) groups excluding carboxylic acids is 4. The van der Waals surface area contributed by atoms with Gasteiger partial charge in [-0.15, -0.1) is 0 Å². The smallest absolute Gasteiger partial charge is 0.352 e. The van der Waals surface area contributed by atoms with Crippen molar-refractivity contribution in [1.29, 1.82) is 10.8 Å². The zero-order chi connectivity index (χ0) is 28.9. The maximum absolute atomic E-state index is 11.9. The minimum atomic E-state index is -0.931. The Morgan fingerprint density at radius 2 is 1.10 bits per heavy atom. The van der Waals surface area contributed by atoms with Crippen molar-refractivity contribution in [1.82, 2.24) is 20.4 Å². The van der Waals surface area contributed by atoms with Gasteiger partial charge in [-0.1, -0.05) is 0 Å². The molecule has 0 aromatic rings. The summed E-state index contributed by atoms with van der Waals surface area (Å²) in [6.45, 7) is -0.785. The summed E-state index contributed by atoms with van der Waals surface area (Å²) in [7, 11) is 0. The van der Waals surface area contributed by atoms with Crippen LogP contribution in [0.15, 0.2) is 20.0 Å². The first kappa shape index (κ1) is 27.2. The molecule has 20 nitrogen and oxygen atoms in total. The van der Waals surface area contributed by atoms with Gasteiger partial charge in [-0.05, 0) is 0 Å². The number of nitrogens with zero attached hydrogens (tertiary/aromatic N) is 6. The lowest BCUT2D eigenvalue weighted by Crippen LogP contribution is -2.50. The van der Waals surface area contributed by atoms with Crippen LogP contribution in [0, 0.1) is 10.8 Å². The Morgan fingerprint density at radius 3 is 1.43 bits per heavy atom. The molecule has 0 bridgehead atoms. The first-order valence-corrected chi connectivity index (χ1v) is 11.7. The number of nitrogens with one attached hydrogen (secondary N) is 4. The number of urea groups is 2. The second kappa shape index (κ2) is 10.3. The van der Waals surface area contributed by atoms with Gasteiger partial charge < -0.3 is 29.9 Å². The molecular weight excluding hydrogens is 540 g/mol. The van der Waals surface area contributed by atoms with E-state index < -0.39 is 85.9 Å². The van der Waals surface area contributed by atoms with Crippen LogP contribution >= 0.6 is 0 Å². The zero-order valence-electron chi connectivity index (χ0n) is 20.2. The molecule has 40 heavy (non-hydrogen) atoms. The van der Waals surface area contributed by atoms with Crippen molar-refractivity contribution in [3.63, 3.8) is 0 Å². The molecule has 2 saturated heterocycles. The molecule has 6 aliphatic heterocycles. The number of amidine groups is 2. The maximum Gasteiger partial charge on any atom is 0.352 e. The van der Waals surface area contributed by atoms with Crippen molar-refractivity contribution >= 4 is 58.9 Å². The van der Waals surface area contributed by atoms with E-state index in [2.05, 4.69) is 30.6 Å². The van der Waals surface area contributed by atoms with E-state index in [0.717, 1.165) is 9.80 Å². The van der Waals surface area contributed by atoms with Crippen LogP contribution in [0.3, 0.4) is 0 Å². The van der Waals surface area contributed by atoms with Gasteiger partial charge in [-0.3, -0.25) is 31.0 Å². The van der Waals surface area contributed by atoms with Gasteiger partial charge in [-0.2, -0.15) is 20.0 Å². The van der Waals surface area contributed by atoms with Crippen molar-refractivity contribution in [2.75, 3.05) is 13.2 Å². The normalized spacial score (nSPS) is 33.0. The third kappa shape index (κ3) is 4.67. The van der Waals surface area contributed by atoms with Crippen LogP contribution in [0.1, 0.15) is 12.8 Å². The van der Waals surface area contributed by atoms with Crippen LogP contribution < -0.4 is 10.6 Å². The number of rotatable bonds is 4. The van der Waals surface area contributed by atoms with Gasteiger partial charge in [-0.25, -0.2) is 19.4 Å². The molecule has 212 valence electrons. The molecule has 0 saturated carbocycles. The Balaban J connectivity index is 0.000000161. The Labute approximate surface area is 222 Å². The predicted octanol–water partition coefficient (Wildman–Crippen LogP) is -4.41. The molecule has 6 aliphatic rings. The molecule has 6 heterocycles. The monoisotopic (exact) mass is 562 g/mol. The number of ether oxygens (including phenoxy) is 2. The summed E-state index contributed by atoms with van der Waals surface area (Å²) in [4.78, 5) is 63.6. The number of aliphatic imine (C=N–C) groups is 4. The van der Waals surface area contributed by atoms with Crippen LogP contribution in [0.25, 0.3) is 0 Å². The SMILES string of the molecule is N=C1N=C2C(=NC(=O)N2[C@H]2C[C@H](O)[C@@H](CO)O2)C(=O)N1.N=C1N=C2C(=NC(=O)N2[C@H]2C[C@H](O)[C@@H](CO)O2)C(=O)N1. The quantitative estimate of drug-likeness (QED) is 0.163. The van der Waals surface area contributed by atoms with E-state index >= 15 is 0 Å². The van der Waals surface area contributed by atoms with E-state index in [1.807, 2.05) is 0 Å². The van der Waals surface area contributed by atoms with Crippen molar-refractivity contribution in [2.45, 2.75) is 49.7 Å². The Morgan fingerprint density at radius 1 is 0.725 bits per heavy atom. The van der Waals surface area contributed by atoms with Gasteiger partial charge in [0.15, 0.2) is 23.1 Å². The second-order valence-corrected chi connectivity index (χ2v) is 8.93. The fourth-order valence-corrected chi connectivity index (χ4v) is 4.52. The third-order valence-electron chi connectivity index (χ3n) is 6.38. The Bertz CT molecular complexity index is 1240. The number of aliphatic hydroxyl groups excluding tert-OH is 4. The highest BCUT2D eigenvalue weighted by Gasteiger charge is 2.48. The van der Waals surface area contributed by atoms with E-state index in [4.69, 9.17) is 30.5 Å². The molecule has 0 spiro atoms. The van der Waals surface area contributed by atoms with Crippen LogP contribution in [-0.4, -0.2) is 139 Å². The highest BCUT2D eigenvalue weighted by atomic mass is 16.6. The van der Waals surface area contributed by atoms with Gasteiger partial charge in [0.1, 0.15) is 24.7 Å². The number of guanidine groups is 2. The number of carbonyl (C=O) groups is 4. The molecule has 2 fully saturated rings. The highest BCUT2D eigenvalue weighted by Crippen LogP contribution is 2.28. The van der Waals surface area contributed by atoms with Crippen LogP contribution in [0.4, 0.5) is 9.59 Å². The predicted molar refractivity (Wildman–Crippen MR) is 129 cm³/mol. The van der Waals surface area contributed by atoms with Gasteiger partial charge in [0.25, 0.3) is 11.8 Å². The third-order valence-corrected chi connectivity index (χ3v) is 6.38. The molecular formula is C20H22N10O10. The van der Waals surface area contributed by atoms with Gasteiger partial charge >= 0.3 is 12.1 Å². The minimum Gasteiger partial charge on any atom is -0.394 e. The van der Waals surface area contributed by atoms with E-state index in [1.54, 1.807) is 0 Å². The van der Waals surface area contributed by atoms with E-state index in [-0.39, 0.29) is 35.9 Å². The number of hydrogen-bond acceptors (Lipinski definition) is 12. The zero-order valence-corrected chi connectivity index (χ0v) is 20.2. The fourth-order valence-electron chi connectivity index (χ4n) is 4.52. The van der Waals surface area contributed by atoms with Crippen molar-refractivity contribution in [2.24, 2.45) is 20.0 Å². The summed E-state index contributed by atoms with van der Waals surface area (Å²) < 4.78 is 10.7. The van der Waals surface area contributed by atoms with Crippen LogP contribution in [0.2, 0.25) is 0 Å². The first-order valence-electron chi connectivity index (χ1n) is 11.7. The second-order valence-electron chi connectivity index (χ2n) is 8.93. The lowest BCUT2D eigenvalue weighted by molar-refractivity contribution is -0.114. The molecule has 0 unspecified atom stereocenters. The number of fused-ring (bicyclic) bond motifs is 2. The van der Waals surface area contributed by atoms with E-state index in [0.29, 0.717) is 0 Å². The average Bonchev–Trinajstić information content (AvgIpc) is 3.62. The van der Waals surface area contributed by atoms with Crippen molar-refractivity contribution in [3.8, 4) is 0 Å². The summed E-state index contributed by atoms with van der Waals surface area (Å²) in [6, 6.07) is -1.50. The molecule has 8 N–H and O–H groups in total. The average molecular weight is 562 g/mol. The lowest BCUT2D eigenvalue weighted by Gasteiger charge is -2.24. The molecule has 0 aliphatic carbocycles.